The quantitative estimate of drug-likeness (QED) is 0.726. The van der Waals surface area contributed by atoms with E-state index in [1.807, 2.05) is 41.2 Å². The molecule has 2 amide bonds. The molecule has 3 aromatic rings. The van der Waals surface area contributed by atoms with Crippen molar-refractivity contribution in [3.63, 3.8) is 0 Å². The molecule has 0 bridgehead atoms. The fourth-order valence-corrected chi connectivity index (χ4v) is 2.38. The van der Waals surface area contributed by atoms with Crippen molar-refractivity contribution in [3.8, 4) is 5.69 Å². The zero-order valence-electron chi connectivity index (χ0n) is 13.7. The van der Waals surface area contributed by atoms with Crippen molar-refractivity contribution in [3.05, 3.63) is 83.9 Å². The van der Waals surface area contributed by atoms with Gasteiger partial charge in [-0.15, -0.1) is 0 Å². The molecule has 1 heterocycles. The van der Waals surface area contributed by atoms with Crippen molar-refractivity contribution >= 4 is 6.03 Å². The van der Waals surface area contributed by atoms with E-state index in [4.69, 9.17) is 0 Å². The summed E-state index contributed by atoms with van der Waals surface area (Å²) >= 11 is 0. The monoisotopic (exact) mass is 338 g/mol. The van der Waals surface area contributed by atoms with Gasteiger partial charge < -0.3 is 10.6 Å². The number of carbonyl (C=O) groups excluding carboxylic acids is 1. The molecule has 0 aliphatic carbocycles. The van der Waals surface area contributed by atoms with E-state index in [9.17, 15) is 9.18 Å². The van der Waals surface area contributed by atoms with Crippen molar-refractivity contribution in [2.24, 2.45) is 0 Å². The van der Waals surface area contributed by atoms with Crippen LogP contribution in [-0.4, -0.2) is 22.4 Å². The standard InChI is InChI=1S/C19H19FN4O/c20-17-8-6-15(7-9-17)12-22-19(25)21-11-10-16-13-23-24(14-16)18-4-2-1-3-5-18/h1-9,13-14H,10-12H2,(H2,21,22,25). The van der Waals surface area contributed by atoms with E-state index in [2.05, 4.69) is 15.7 Å². The zero-order valence-corrected chi connectivity index (χ0v) is 13.7. The van der Waals surface area contributed by atoms with E-state index in [1.165, 1.54) is 12.1 Å². The molecule has 25 heavy (non-hydrogen) atoms. The van der Waals surface area contributed by atoms with Crippen molar-refractivity contribution < 1.29 is 9.18 Å². The molecule has 0 atom stereocenters. The highest BCUT2D eigenvalue weighted by molar-refractivity contribution is 5.73. The molecule has 5 nitrogen and oxygen atoms in total. The maximum Gasteiger partial charge on any atom is 0.315 e. The first kappa shape index (κ1) is 16.7. The lowest BCUT2D eigenvalue weighted by Crippen LogP contribution is -2.36. The summed E-state index contributed by atoms with van der Waals surface area (Å²) in [6.07, 6.45) is 4.44. The second-order valence-corrected chi connectivity index (χ2v) is 5.61. The number of para-hydroxylation sites is 1. The Labute approximate surface area is 145 Å². The third kappa shape index (κ3) is 4.91. The van der Waals surface area contributed by atoms with E-state index >= 15 is 0 Å². The van der Waals surface area contributed by atoms with Crippen LogP contribution in [-0.2, 0) is 13.0 Å². The zero-order chi connectivity index (χ0) is 17.5. The van der Waals surface area contributed by atoms with Crippen LogP contribution in [0.1, 0.15) is 11.1 Å². The minimum absolute atomic E-state index is 0.250. The number of hydrogen-bond acceptors (Lipinski definition) is 2. The van der Waals surface area contributed by atoms with Crippen molar-refractivity contribution in [1.29, 1.82) is 0 Å². The number of carbonyl (C=O) groups is 1. The molecule has 6 heteroatoms. The number of halogens is 1. The van der Waals surface area contributed by atoms with Crippen molar-refractivity contribution in [2.75, 3.05) is 6.54 Å². The number of urea groups is 1. The van der Waals surface area contributed by atoms with Crippen molar-refractivity contribution in [1.82, 2.24) is 20.4 Å². The smallest absolute Gasteiger partial charge is 0.315 e. The highest BCUT2D eigenvalue weighted by atomic mass is 19.1. The minimum atomic E-state index is -0.288. The molecule has 0 fully saturated rings. The molecule has 0 radical (unpaired) electrons. The number of rotatable bonds is 6. The molecule has 1 aromatic heterocycles. The maximum atomic E-state index is 12.8. The Kier molecular flexibility index (Phi) is 5.41. The van der Waals surface area contributed by atoms with Gasteiger partial charge in [0.15, 0.2) is 0 Å². The van der Waals surface area contributed by atoms with E-state index in [-0.39, 0.29) is 11.8 Å². The lowest BCUT2D eigenvalue weighted by atomic mass is 10.2. The summed E-state index contributed by atoms with van der Waals surface area (Å²) in [4.78, 5) is 11.8. The Morgan fingerprint density at radius 2 is 1.76 bits per heavy atom. The summed E-state index contributed by atoms with van der Waals surface area (Å²) in [6, 6.07) is 15.6. The van der Waals surface area contributed by atoms with Crippen LogP contribution >= 0.6 is 0 Å². The lowest BCUT2D eigenvalue weighted by molar-refractivity contribution is 0.240. The Bertz CT molecular complexity index is 815. The Hall–Kier alpha value is -3.15. The summed E-state index contributed by atoms with van der Waals surface area (Å²) < 4.78 is 14.6. The fourth-order valence-electron chi connectivity index (χ4n) is 2.38. The van der Waals surface area contributed by atoms with E-state index in [0.717, 1.165) is 16.8 Å². The van der Waals surface area contributed by atoms with Gasteiger partial charge in [0.05, 0.1) is 11.9 Å². The largest absolute Gasteiger partial charge is 0.338 e. The summed E-state index contributed by atoms with van der Waals surface area (Å²) in [5.41, 5.74) is 2.89. The van der Waals surface area contributed by atoms with Gasteiger partial charge in [0, 0.05) is 19.3 Å². The van der Waals surface area contributed by atoms with Crippen LogP contribution in [0.15, 0.2) is 67.0 Å². The van der Waals surface area contributed by atoms with Crippen LogP contribution in [0.5, 0.6) is 0 Å². The van der Waals surface area contributed by atoms with Gasteiger partial charge in [-0.3, -0.25) is 0 Å². The normalized spacial score (nSPS) is 10.4. The number of nitrogens with zero attached hydrogens (tertiary/aromatic N) is 2. The molecule has 128 valence electrons. The third-order valence-corrected chi connectivity index (χ3v) is 3.72. The summed E-state index contributed by atoms with van der Waals surface area (Å²) in [5, 5.41) is 9.87. The first-order chi connectivity index (χ1) is 12.2. The molecule has 0 saturated carbocycles. The lowest BCUT2D eigenvalue weighted by Gasteiger charge is -2.07. The second-order valence-electron chi connectivity index (χ2n) is 5.61. The molecule has 2 N–H and O–H groups in total. The highest BCUT2D eigenvalue weighted by Crippen LogP contribution is 2.07. The fraction of sp³-hybridized carbons (Fsp3) is 0.158. The van der Waals surface area contributed by atoms with E-state index in [1.54, 1.807) is 18.3 Å². The van der Waals surface area contributed by atoms with Gasteiger partial charge in [-0.2, -0.15) is 5.10 Å². The van der Waals surface area contributed by atoms with Crippen molar-refractivity contribution in [2.45, 2.75) is 13.0 Å². The van der Waals surface area contributed by atoms with Crippen LogP contribution in [0.25, 0.3) is 5.69 Å². The highest BCUT2D eigenvalue weighted by Gasteiger charge is 2.03. The van der Waals surface area contributed by atoms with Gasteiger partial charge in [-0.25, -0.2) is 13.9 Å². The second kappa shape index (κ2) is 8.10. The maximum absolute atomic E-state index is 12.8. The number of aromatic nitrogens is 2. The summed E-state index contributed by atoms with van der Waals surface area (Å²) in [5.74, 6) is -0.288. The minimum Gasteiger partial charge on any atom is -0.338 e. The number of benzene rings is 2. The molecular formula is C19H19FN4O. The molecular weight excluding hydrogens is 319 g/mol. The Morgan fingerprint density at radius 3 is 2.52 bits per heavy atom. The number of nitrogens with one attached hydrogen (secondary N) is 2. The molecule has 0 spiro atoms. The predicted octanol–water partition coefficient (Wildman–Crippen LogP) is 3.05. The first-order valence-electron chi connectivity index (χ1n) is 8.06. The van der Waals surface area contributed by atoms with Gasteiger partial charge in [0.25, 0.3) is 0 Å². The van der Waals surface area contributed by atoms with Crippen LogP contribution in [0.4, 0.5) is 9.18 Å². The molecule has 0 unspecified atom stereocenters. The topological polar surface area (TPSA) is 59.0 Å². The van der Waals surface area contributed by atoms with Gasteiger partial charge in [-0.1, -0.05) is 30.3 Å². The average Bonchev–Trinajstić information content (AvgIpc) is 3.11. The summed E-state index contributed by atoms with van der Waals surface area (Å²) in [6.45, 7) is 0.869. The summed E-state index contributed by atoms with van der Waals surface area (Å²) in [7, 11) is 0. The van der Waals surface area contributed by atoms with Crippen LogP contribution in [0.3, 0.4) is 0 Å². The van der Waals surface area contributed by atoms with Gasteiger partial charge in [-0.05, 0) is 41.8 Å². The first-order valence-corrected chi connectivity index (χ1v) is 8.06. The van der Waals surface area contributed by atoms with Crippen LogP contribution in [0.2, 0.25) is 0 Å². The number of amides is 2. The van der Waals surface area contributed by atoms with Gasteiger partial charge in [0.1, 0.15) is 5.82 Å². The Balaban J connectivity index is 1.41. The van der Waals surface area contributed by atoms with Gasteiger partial charge >= 0.3 is 6.03 Å². The van der Waals surface area contributed by atoms with Crippen LogP contribution < -0.4 is 10.6 Å². The van der Waals surface area contributed by atoms with Gasteiger partial charge in [0.2, 0.25) is 0 Å². The van der Waals surface area contributed by atoms with Crippen LogP contribution in [0, 0.1) is 5.82 Å². The average molecular weight is 338 g/mol. The Morgan fingerprint density at radius 1 is 1.00 bits per heavy atom. The molecule has 0 aliphatic heterocycles. The SMILES string of the molecule is O=C(NCCc1cnn(-c2ccccc2)c1)NCc1ccc(F)cc1. The molecule has 0 aliphatic rings. The molecule has 2 aromatic carbocycles. The predicted molar refractivity (Wildman–Crippen MR) is 93.9 cm³/mol. The molecule has 0 saturated heterocycles. The van der Waals surface area contributed by atoms with E-state index in [0.29, 0.717) is 19.5 Å². The number of hydrogen-bond donors (Lipinski definition) is 2. The molecule has 3 rings (SSSR count). The van der Waals surface area contributed by atoms with E-state index < -0.39 is 0 Å². The third-order valence-electron chi connectivity index (χ3n) is 3.72.